The van der Waals surface area contributed by atoms with Crippen LogP contribution in [0, 0.1) is 10.5 Å². The summed E-state index contributed by atoms with van der Waals surface area (Å²) in [7, 11) is -3.23. The van der Waals surface area contributed by atoms with Crippen molar-refractivity contribution in [1.82, 2.24) is 0 Å². The molecule has 0 atom stereocenters. The summed E-state index contributed by atoms with van der Waals surface area (Å²) in [5.41, 5.74) is 2.82. The topological polar surface area (TPSA) is 66.5 Å². The molecular formula is C17H17IN2O3S. The molecule has 0 aromatic heterocycles. The number of nitrogens with zero attached hydrogens (tertiary/aromatic N) is 1. The summed E-state index contributed by atoms with van der Waals surface area (Å²) in [5, 5.41) is 2.85. The molecule has 0 unspecified atom stereocenters. The summed E-state index contributed by atoms with van der Waals surface area (Å²) in [5.74, 6) is -0.0324. The maximum absolute atomic E-state index is 12.5. The molecule has 5 nitrogen and oxygen atoms in total. The quantitative estimate of drug-likeness (QED) is 0.721. The van der Waals surface area contributed by atoms with Crippen LogP contribution >= 0.6 is 22.6 Å². The van der Waals surface area contributed by atoms with Crippen molar-refractivity contribution in [3.63, 3.8) is 0 Å². The SMILES string of the molecule is Cc1cccc(C(=O)Nc2cccc(N3CCCS3(=O)=O)c2)c1I. The predicted molar refractivity (Wildman–Crippen MR) is 104 cm³/mol. The molecule has 126 valence electrons. The number of hydrogen-bond acceptors (Lipinski definition) is 3. The average molecular weight is 456 g/mol. The fourth-order valence-electron chi connectivity index (χ4n) is 2.69. The Kier molecular flexibility index (Phi) is 4.82. The summed E-state index contributed by atoms with van der Waals surface area (Å²) >= 11 is 2.16. The highest BCUT2D eigenvalue weighted by Crippen LogP contribution is 2.27. The molecule has 7 heteroatoms. The van der Waals surface area contributed by atoms with Gasteiger partial charge < -0.3 is 5.32 Å². The van der Waals surface area contributed by atoms with Crippen molar-refractivity contribution in [2.75, 3.05) is 21.9 Å². The number of anilines is 2. The monoisotopic (exact) mass is 456 g/mol. The zero-order chi connectivity index (χ0) is 17.3. The smallest absolute Gasteiger partial charge is 0.256 e. The molecule has 2 aromatic carbocycles. The van der Waals surface area contributed by atoms with Crippen LogP contribution in [0.4, 0.5) is 11.4 Å². The molecule has 0 radical (unpaired) electrons. The Balaban J connectivity index is 1.85. The van der Waals surface area contributed by atoms with Crippen LogP contribution in [0.5, 0.6) is 0 Å². The third kappa shape index (κ3) is 3.41. The number of hydrogen-bond donors (Lipinski definition) is 1. The third-order valence-electron chi connectivity index (χ3n) is 3.93. The summed E-state index contributed by atoms with van der Waals surface area (Å²) in [6, 6.07) is 12.5. The van der Waals surface area contributed by atoms with Crippen molar-refractivity contribution in [2.45, 2.75) is 13.3 Å². The highest BCUT2D eigenvalue weighted by atomic mass is 127. The lowest BCUT2D eigenvalue weighted by Crippen LogP contribution is -2.25. The molecule has 0 bridgehead atoms. The Morgan fingerprint density at radius 3 is 2.67 bits per heavy atom. The lowest BCUT2D eigenvalue weighted by molar-refractivity contribution is 0.102. The minimum Gasteiger partial charge on any atom is -0.322 e. The van der Waals surface area contributed by atoms with Crippen LogP contribution in [0.25, 0.3) is 0 Å². The van der Waals surface area contributed by atoms with Gasteiger partial charge in [-0.25, -0.2) is 8.42 Å². The van der Waals surface area contributed by atoms with E-state index in [1.165, 1.54) is 4.31 Å². The first kappa shape index (κ1) is 17.2. The van der Waals surface area contributed by atoms with Crippen LogP contribution in [0.3, 0.4) is 0 Å². The maximum Gasteiger partial charge on any atom is 0.256 e. The zero-order valence-corrected chi connectivity index (χ0v) is 16.1. The van der Waals surface area contributed by atoms with Crippen molar-refractivity contribution in [3.05, 3.63) is 57.2 Å². The van der Waals surface area contributed by atoms with E-state index in [4.69, 9.17) is 0 Å². The average Bonchev–Trinajstić information content (AvgIpc) is 2.89. The zero-order valence-electron chi connectivity index (χ0n) is 13.1. The number of nitrogens with one attached hydrogen (secondary N) is 1. The molecule has 1 amide bonds. The van der Waals surface area contributed by atoms with Gasteiger partial charge in [0, 0.05) is 15.8 Å². The number of halogens is 1. The number of carbonyl (C=O) groups is 1. The van der Waals surface area contributed by atoms with Crippen molar-refractivity contribution in [3.8, 4) is 0 Å². The standard InChI is InChI=1S/C17H17IN2O3S/c1-12-5-2-8-15(16(12)18)17(21)19-13-6-3-7-14(11-13)20-9-4-10-24(20,22)23/h2-3,5-8,11H,4,9-10H2,1H3,(H,19,21). The van der Waals surface area contributed by atoms with E-state index in [0.29, 0.717) is 29.9 Å². The molecule has 1 fully saturated rings. The van der Waals surface area contributed by atoms with Gasteiger partial charge in [0.25, 0.3) is 5.91 Å². The lowest BCUT2D eigenvalue weighted by Gasteiger charge is -2.18. The van der Waals surface area contributed by atoms with E-state index in [-0.39, 0.29) is 11.7 Å². The van der Waals surface area contributed by atoms with E-state index in [0.717, 1.165) is 9.13 Å². The molecule has 24 heavy (non-hydrogen) atoms. The van der Waals surface area contributed by atoms with Gasteiger partial charge in [0.2, 0.25) is 10.0 Å². The predicted octanol–water partition coefficient (Wildman–Crippen LogP) is 3.39. The third-order valence-corrected chi connectivity index (χ3v) is 7.23. The number of rotatable bonds is 3. The van der Waals surface area contributed by atoms with Crippen molar-refractivity contribution >= 4 is 49.9 Å². The molecule has 0 saturated carbocycles. The van der Waals surface area contributed by atoms with E-state index in [1.54, 1.807) is 30.3 Å². The number of benzene rings is 2. The maximum atomic E-state index is 12.5. The molecule has 1 saturated heterocycles. The normalized spacial score (nSPS) is 16.2. The van der Waals surface area contributed by atoms with E-state index in [1.807, 2.05) is 19.1 Å². The Hall–Kier alpha value is -1.61. The van der Waals surface area contributed by atoms with Crippen LogP contribution in [0.1, 0.15) is 22.3 Å². The van der Waals surface area contributed by atoms with Crippen LogP contribution in [0.15, 0.2) is 42.5 Å². The molecule has 2 aromatic rings. The van der Waals surface area contributed by atoms with Crippen molar-refractivity contribution in [2.24, 2.45) is 0 Å². The molecule has 3 rings (SSSR count). The molecule has 0 spiro atoms. The van der Waals surface area contributed by atoms with Gasteiger partial charge in [0.15, 0.2) is 0 Å². The molecule has 1 aliphatic heterocycles. The van der Waals surface area contributed by atoms with E-state index in [9.17, 15) is 13.2 Å². The molecular weight excluding hydrogens is 439 g/mol. The first-order chi connectivity index (χ1) is 11.4. The molecule has 1 N–H and O–H groups in total. The Bertz CT molecular complexity index is 896. The van der Waals surface area contributed by atoms with Gasteiger partial charge in [-0.3, -0.25) is 9.10 Å². The van der Waals surface area contributed by atoms with Crippen molar-refractivity contribution < 1.29 is 13.2 Å². The number of sulfonamides is 1. The number of amides is 1. The first-order valence-electron chi connectivity index (χ1n) is 7.55. The second kappa shape index (κ2) is 6.72. The summed E-state index contributed by atoms with van der Waals surface area (Å²) in [6.07, 6.45) is 0.625. The Morgan fingerprint density at radius 2 is 1.96 bits per heavy atom. The second-order valence-electron chi connectivity index (χ2n) is 5.68. The highest BCUT2D eigenvalue weighted by Gasteiger charge is 2.28. The molecule has 1 heterocycles. The Morgan fingerprint density at radius 1 is 1.21 bits per heavy atom. The number of carbonyl (C=O) groups excluding carboxylic acids is 1. The fourth-order valence-corrected chi connectivity index (χ4v) is 4.85. The Labute approximate surface area is 155 Å². The number of aryl methyl sites for hydroxylation is 1. The minimum absolute atomic E-state index is 0.172. The van der Waals surface area contributed by atoms with Crippen molar-refractivity contribution in [1.29, 1.82) is 0 Å². The van der Waals surface area contributed by atoms with Gasteiger partial charge in [0.1, 0.15) is 0 Å². The van der Waals surface area contributed by atoms with E-state index >= 15 is 0 Å². The van der Waals surface area contributed by atoms with Gasteiger partial charge in [-0.15, -0.1) is 0 Å². The van der Waals surface area contributed by atoms with E-state index in [2.05, 4.69) is 27.9 Å². The van der Waals surface area contributed by atoms with Gasteiger partial charge >= 0.3 is 0 Å². The first-order valence-corrected chi connectivity index (χ1v) is 10.2. The summed E-state index contributed by atoms with van der Waals surface area (Å²) in [6.45, 7) is 2.44. The van der Waals surface area contributed by atoms with Crippen LogP contribution in [0.2, 0.25) is 0 Å². The van der Waals surface area contributed by atoms with Crippen LogP contribution < -0.4 is 9.62 Å². The van der Waals surface area contributed by atoms with Gasteiger partial charge in [0.05, 0.1) is 17.0 Å². The second-order valence-corrected chi connectivity index (χ2v) is 8.77. The lowest BCUT2D eigenvalue weighted by atomic mass is 10.1. The summed E-state index contributed by atoms with van der Waals surface area (Å²) < 4.78 is 26.4. The van der Waals surface area contributed by atoms with Gasteiger partial charge in [-0.05, 0) is 65.8 Å². The van der Waals surface area contributed by atoms with E-state index < -0.39 is 10.0 Å². The van der Waals surface area contributed by atoms with Crippen LogP contribution in [-0.4, -0.2) is 26.6 Å². The molecule has 0 aliphatic carbocycles. The van der Waals surface area contributed by atoms with Gasteiger partial charge in [-0.1, -0.05) is 18.2 Å². The summed E-state index contributed by atoms with van der Waals surface area (Å²) in [4.78, 5) is 12.5. The minimum atomic E-state index is -3.23. The highest BCUT2D eigenvalue weighted by molar-refractivity contribution is 14.1. The fraction of sp³-hybridized carbons (Fsp3) is 0.235. The van der Waals surface area contributed by atoms with Crippen LogP contribution in [-0.2, 0) is 10.0 Å². The van der Waals surface area contributed by atoms with Gasteiger partial charge in [-0.2, -0.15) is 0 Å². The molecule has 1 aliphatic rings. The largest absolute Gasteiger partial charge is 0.322 e.